The topological polar surface area (TPSA) is 63.3 Å². The number of halogens is 1. The molecule has 0 spiro atoms. The third-order valence-electron chi connectivity index (χ3n) is 5.78. The van der Waals surface area contributed by atoms with E-state index in [4.69, 9.17) is 4.52 Å². The van der Waals surface area contributed by atoms with Gasteiger partial charge in [-0.2, -0.15) is 0 Å². The number of piperidine rings is 1. The summed E-state index contributed by atoms with van der Waals surface area (Å²) in [7, 11) is 0. The van der Waals surface area contributed by atoms with Gasteiger partial charge in [0.15, 0.2) is 5.82 Å². The van der Waals surface area contributed by atoms with E-state index in [1.54, 1.807) is 6.07 Å². The fourth-order valence-electron chi connectivity index (χ4n) is 4.35. The van der Waals surface area contributed by atoms with E-state index in [2.05, 4.69) is 15.4 Å². The lowest BCUT2D eigenvalue weighted by molar-refractivity contribution is 0.0932. The van der Waals surface area contributed by atoms with Gasteiger partial charge in [-0.15, -0.1) is 0 Å². The Morgan fingerprint density at radius 3 is 2.70 bits per heavy atom. The molecule has 0 saturated carbocycles. The van der Waals surface area contributed by atoms with Crippen molar-refractivity contribution in [3.05, 3.63) is 64.4 Å². The number of amides is 1. The highest BCUT2D eigenvalue weighted by atomic mass is 19.1. The molecular weight excluding hydrogens is 383 g/mol. The standard InChI is InChI=1S/C23H27FN4O2/c1-14-10-18(24)7-8-21(14)27-9-5-6-19(13-27)25-23(29)20-11-15(2)28(17(20)4)22-12-16(3)30-26-22/h7-8,10-12,19H,5-6,9,13H2,1-4H3,(H,25,29)/t19-/m0/s1. The number of anilines is 1. The Hall–Kier alpha value is -3.09. The second-order valence-corrected chi connectivity index (χ2v) is 8.11. The minimum atomic E-state index is -0.226. The first-order valence-corrected chi connectivity index (χ1v) is 10.3. The molecule has 0 radical (unpaired) electrons. The zero-order valence-electron chi connectivity index (χ0n) is 17.8. The number of aromatic nitrogens is 2. The highest BCUT2D eigenvalue weighted by molar-refractivity contribution is 5.96. The van der Waals surface area contributed by atoms with Crippen LogP contribution in [0.3, 0.4) is 0 Å². The quantitative estimate of drug-likeness (QED) is 0.699. The Morgan fingerprint density at radius 2 is 2.00 bits per heavy atom. The van der Waals surface area contributed by atoms with Crippen LogP contribution >= 0.6 is 0 Å². The maximum Gasteiger partial charge on any atom is 0.253 e. The van der Waals surface area contributed by atoms with Crippen LogP contribution in [0.15, 0.2) is 34.9 Å². The summed E-state index contributed by atoms with van der Waals surface area (Å²) in [6.07, 6.45) is 1.89. The Kier molecular flexibility index (Phi) is 5.37. The van der Waals surface area contributed by atoms with E-state index >= 15 is 0 Å². The van der Waals surface area contributed by atoms with Crippen LogP contribution < -0.4 is 10.2 Å². The van der Waals surface area contributed by atoms with E-state index < -0.39 is 0 Å². The van der Waals surface area contributed by atoms with Crippen molar-refractivity contribution >= 4 is 11.6 Å². The number of aryl methyl sites for hydroxylation is 3. The second-order valence-electron chi connectivity index (χ2n) is 8.11. The van der Waals surface area contributed by atoms with Gasteiger partial charge in [-0.25, -0.2) is 4.39 Å². The van der Waals surface area contributed by atoms with E-state index in [1.807, 2.05) is 50.5 Å². The molecule has 158 valence electrons. The number of carbonyl (C=O) groups is 1. The zero-order valence-corrected chi connectivity index (χ0v) is 17.8. The summed E-state index contributed by atoms with van der Waals surface area (Å²) in [4.78, 5) is 15.3. The van der Waals surface area contributed by atoms with Crippen LogP contribution in [0, 0.1) is 33.5 Å². The first-order chi connectivity index (χ1) is 14.3. The van der Waals surface area contributed by atoms with Gasteiger partial charge in [0.05, 0.1) is 5.56 Å². The van der Waals surface area contributed by atoms with Gasteiger partial charge in [0.25, 0.3) is 5.91 Å². The first kappa shape index (κ1) is 20.2. The molecular formula is C23H27FN4O2. The van der Waals surface area contributed by atoms with Crippen molar-refractivity contribution in [3.8, 4) is 5.82 Å². The van der Waals surface area contributed by atoms with Crippen LogP contribution in [0.25, 0.3) is 5.82 Å². The maximum atomic E-state index is 13.5. The zero-order chi connectivity index (χ0) is 21.4. The van der Waals surface area contributed by atoms with Crippen molar-refractivity contribution < 1.29 is 13.7 Å². The van der Waals surface area contributed by atoms with Crippen LogP contribution in [0.4, 0.5) is 10.1 Å². The molecule has 4 rings (SSSR count). The van der Waals surface area contributed by atoms with Crippen LogP contribution in [0.5, 0.6) is 0 Å². The molecule has 30 heavy (non-hydrogen) atoms. The molecule has 0 bridgehead atoms. The maximum absolute atomic E-state index is 13.5. The Labute approximate surface area is 175 Å². The summed E-state index contributed by atoms with van der Waals surface area (Å²) in [5.74, 6) is 1.09. The molecule has 7 heteroatoms. The number of carbonyl (C=O) groups excluding carboxylic acids is 1. The monoisotopic (exact) mass is 410 g/mol. The Balaban J connectivity index is 1.50. The van der Waals surface area contributed by atoms with Crippen molar-refractivity contribution in [2.75, 3.05) is 18.0 Å². The molecule has 0 aliphatic carbocycles. The van der Waals surface area contributed by atoms with Crippen LogP contribution in [0.2, 0.25) is 0 Å². The SMILES string of the molecule is Cc1cc(-n2c(C)cc(C(=O)N[C@H]3CCCN(c4ccc(F)cc4C)C3)c2C)no1. The molecule has 0 unspecified atom stereocenters. The van der Waals surface area contributed by atoms with E-state index in [9.17, 15) is 9.18 Å². The van der Waals surface area contributed by atoms with E-state index in [1.165, 1.54) is 6.07 Å². The van der Waals surface area contributed by atoms with Crippen molar-refractivity contribution in [1.82, 2.24) is 15.0 Å². The highest BCUT2D eigenvalue weighted by Gasteiger charge is 2.25. The molecule has 1 N–H and O–H groups in total. The average Bonchev–Trinajstić information content (AvgIpc) is 3.24. The van der Waals surface area contributed by atoms with Gasteiger partial charge in [-0.1, -0.05) is 5.16 Å². The fourth-order valence-corrected chi connectivity index (χ4v) is 4.35. The molecule has 2 aromatic heterocycles. The number of hydrogen-bond donors (Lipinski definition) is 1. The smallest absolute Gasteiger partial charge is 0.253 e. The number of benzene rings is 1. The number of nitrogens with zero attached hydrogens (tertiary/aromatic N) is 3. The molecule has 3 aromatic rings. The molecule has 1 aliphatic heterocycles. The molecule has 1 saturated heterocycles. The Bertz CT molecular complexity index is 1090. The van der Waals surface area contributed by atoms with Crippen molar-refractivity contribution in [3.63, 3.8) is 0 Å². The summed E-state index contributed by atoms with van der Waals surface area (Å²) in [5, 5.41) is 7.27. The molecule has 6 nitrogen and oxygen atoms in total. The molecule has 1 atom stereocenters. The lowest BCUT2D eigenvalue weighted by Gasteiger charge is -2.35. The third-order valence-corrected chi connectivity index (χ3v) is 5.78. The van der Waals surface area contributed by atoms with Crippen molar-refractivity contribution in [1.29, 1.82) is 0 Å². The van der Waals surface area contributed by atoms with Gasteiger partial charge in [-0.3, -0.25) is 9.36 Å². The largest absolute Gasteiger partial charge is 0.369 e. The first-order valence-electron chi connectivity index (χ1n) is 10.3. The minimum absolute atomic E-state index is 0.0352. The summed E-state index contributed by atoms with van der Waals surface area (Å²) in [5.41, 5.74) is 4.34. The minimum Gasteiger partial charge on any atom is -0.369 e. The third kappa shape index (κ3) is 3.84. The van der Waals surface area contributed by atoms with Crippen LogP contribution in [-0.2, 0) is 0 Å². The molecule has 1 aromatic carbocycles. The number of rotatable bonds is 4. The van der Waals surface area contributed by atoms with E-state index in [0.717, 1.165) is 47.8 Å². The lowest BCUT2D eigenvalue weighted by Crippen LogP contribution is -2.48. The fraction of sp³-hybridized carbons (Fsp3) is 0.391. The van der Waals surface area contributed by atoms with Gasteiger partial charge in [0.1, 0.15) is 11.6 Å². The normalized spacial score (nSPS) is 16.7. The predicted molar refractivity (Wildman–Crippen MR) is 114 cm³/mol. The van der Waals surface area contributed by atoms with Gasteiger partial charge >= 0.3 is 0 Å². The average molecular weight is 410 g/mol. The van der Waals surface area contributed by atoms with E-state index in [-0.39, 0.29) is 17.8 Å². The molecule has 1 amide bonds. The lowest BCUT2D eigenvalue weighted by atomic mass is 10.0. The molecule has 3 heterocycles. The van der Waals surface area contributed by atoms with Gasteiger partial charge < -0.3 is 14.7 Å². The van der Waals surface area contributed by atoms with Crippen molar-refractivity contribution in [2.24, 2.45) is 0 Å². The highest BCUT2D eigenvalue weighted by Crippen LogP contribution is 2.25. The van der Waals surface area contributed by atoms with Gasteiger partial charge in [0, 0.05) is 42.3 Å². The van der Waals surface area contributed by atoms with Gasteiger partial charge in [-0.05, 0) is 70.4 Å². The van der Waals surface area contributed by atoms with Crippen LogP contribution in [-0.4, -0.2) is 34.8 Å². The van der Waals surface area contributed by atoms with E-state index in [0.29, 0.717) is 17.9 Å². The number of nitrogens with one attached hydrogen (secondary N) is 1. The summed E-state index contributed by atoms with van der Waals surface area (Å²) < 4.78 is 20.6. The molecule has 1 fully saturated rings. The predicted octanol–water partition coefficient (Wildman–Crippen LogP) is 4.24. The van der Waals surface area contributed by atoms with Gasteiger partial charge in [0.2, 0.25) is 0 Å². The second kappa shape index (κ2) is 7.97. The summed E-state index contributed by atoms with van der Waals surface area (Å²) in [6, 6.07) is 8.64. The van der Waals surface area contributed by atoms with Crippen LogP contribution in [0.1, 0.15) is 45.9 Å². The molecule has 1 aliphatic rings. The number of hydrogen-bond acceptors (Lipinski definition) is 4. The summed E-state index contributed by atoms with van der Waals surface area (Å²) >= 11 is 0. The van der Waals surface area contributed by atoms with Crippen molar-refractivity contribution in [2.45, 2.75) is 46.6 Å². The summed E-state index contributed by atoms with van der Waals surface area (Å²) in [6.45, 7) is 9.24. The Morgan fingerprint density at radius 1 is 1.20 bits per heavy atom.